The van der Waals surface area contributed by atoms with Crippen LogP contribution < -0.4 is 5.32 Å². The number of nitriles is 1. The first-order valence-corrected chi connectivity index (χ1v) is 6.72. The largest absolute Gasteiger partial charge is 0.337 e. The smallest absolute Gasteiger partial charge is 0.235 e. The highest BCUT2D eigenvalue weighted by atomic mass is 16.2. The third kappa shape index (κ3) is 3.71. The van der Waals surface area contributed by atoms with Crippen LogP contribution in [0.2, 0.25) is 0 Å². The standard InChI is InChI=1S/C14H25N3O/c1-10(2)14(4,9-15)16-13(18)8-17(5)11(3)12-6-7-12/h10-12H,6-8H2,1-5H3,(H,16,18)/t11-,14-/m0/s1. The molecule has 0 unspecified atom stereocenters. The Balaban J connectivity index is 2.48. The van der Waals surface area contributed by atoms with Crippen LogP contribution in [0.1, 0.15) is 40.5 Å². The minimum atomic E-state index is -0.777. The summed E-state index contributed by atoms with van der Waals surface area (Å²) in [4.78, 5) is 14.1. The van der Waals surface area contributed by atoms with Crippen LogP contribution in [0, 0.1) is 23.2 Å². The predicted octanol–water partition coefficient (Wildman–Crippen LogP) is 1.77. The Bertz CT molecular complexity index is 343. The Morgan fingerprint density at radius 1 is 1.50 bits per heavy atom. The molecular formula is C14H25N3O. The summed E-state index contributed by atoms with van der Waals surface area (Å²) in [6.45, 7) is 8.19. The van der Waals surface area contributed by atoms with Crippen LogP contribution >= 0.6 is 0 Å². The lowest BCUT2D eigenvalue weighted by Gasteiger charge is -2.30. The summed E-state index contributed by atoms with van der Waals surface area (Å²) in [5.41, 5.74) is -0.777. The molecule has 0 aromatic rings. The topological polar surface area (TPSA) is 56.1 Å². The molecule has 1 rings (SSSR count). The van der Waals surface area contributed by atoms with E-state index in [0.717, 1.165) is 5.92 Å². The zero-order valence-corrected chi connectivity index (χ0v) is 12.2. The van der Waals surface area contributed by atoms with Crippen LogP contribution in [-0.2, 0) is 4.79 Å². The monoisotopic (exact) mass is 251 g/mol. The number of nitrogens with zero attached hydrogens (tertiary/aromatic N) is 2. The van der Waals surface area contributed by atoms with Crippen molar-refractivity contribution in [3.05, 3.63) is 0 Å². The Kier molecular flexibility index (Phi) is 4.75. The van der Waals surface area contributed by atoms with Crippen molar-refractivity contribution in [3.8, 4) is 6.07 Å². The van der Waals surface area contributed by atoms with E-state index in [1.807, 2.05) is 20.9 Å². The zero-order chi connectivity index (χ0) is 13.9. The molecule has 1 amide bonds. The summed E-state index contributed by atoms with van der Waals surface area (Å²) in [6.07, 6.45) is 2.55. The Hall–Kier alpha value is -1.08. The average Bonchev–Trinajstić information content (AvgIpc) is 3.11. The molecule has 1 saturated carbocycles. The normalized spacial score (nSPS) is 20.3. The lowest BCUT2D eigenvalue weighted by atomic mass is 9.90. The van der Waals surface area contributed by atoms with Crippen LogP contribution in [0.15, 0.2) is 0 Å². The Labute approximate surface area is 110 Å². The number of rotatable bonds is 6. The van der Waals surface area contributed by atoms with Crippen molar-refractivity contribution < 1.29 is 4.79 Å². The summed E-state index contributed by atoms with van der Waals surface area (Å²) in [6, 6.07) is 2.64. The molecule has 0 spiro atoms. The molecule has 1 N–H and O–H groups in total. The first-order valence-electron chi connectivity index (χ1n) is 6.72. The second-order valence-corrected chi connectivity index (χ2v) is 6.01. The number of amides is 1. The molecule has 1 aliphatic rings. The molecule has 0 bridgehead atoms. The van der Waals surface area contributed by atoms with Gasteiger partial charge in [-0.3, -0.25) is 9.69 Å². The molecule has 0 aliphatic heterocycles. The molecule has 0 heterocycles. The van der Waals surface area contributed by atoms with Crippen LogP contribution in [-0.4, -0.2) is 36.0 Å². The van der Waals surface area contributed by atoms with E-state index >= 15 is 0 Å². The number of likely N-dealkylation sites (N-methyl/N-ethyl adjacent to an activating group) is 1. The summed E-state index contributed by atoms with van der Waals surface area (Å²) in [7, 11) is 1.97. The fraction of sp³-hybridized carbons (Fsp3) is 0.857. The van der Waals surface area contributed by atoms with E-state index in [2.05, 4.69) is 23.2 Å². The van der Waals surface area contributed by atoms with Gasteiger partial charge in [0.25, 0.3) is 0 Å². The Morgan fingerprint density at radius 3 is 2.44 bits per heavy atom. The maximum absolute atomic E-state index is 12.0. The van der Waals surface area contributed by atoms with Crippen LogP contribution in [0.25, 0.3) is 0 Å². The van der Waals surface area contributed by atoms with Crippen LogP contribution in [0.3, 0.4) is 0 Å². The second-order valence-electron chi connectivity index (χ2n) is 6.01. The van der Waals surface area contributed by atoms with Gasteiger partial charge in [-0.1, -0.05) is 13.8 Å². The van der Waals surface area contributed by atoms with E-state index in [9.17, 15) is 4.79 Å². The van der Waals surface area contributed by atoms with Gasteiger partial charge in [0.15, 0.2) is 0 Å². The van der Waals surface area contributed by atoms with Gasteiger partial charge in [0.2, 0.25) is 5.91 Å². The van der Waals surface area contributed by atoms with Gasteiger partial charge in [-0.15, -0.1) is 0 Å². The number of hydrogen-bond donors (Lipinski definition) is 1. The highest BCUT2D eigenvalue weighted by molar-refractivity contribution is 5.79. The highest BCUT2D eigenvalue weighted by Crippen LogP contribution is 2.34. The van der Waals surface area contributed by atoms with Crippen molar-refractivity contribution >= 4 is 5.91 Å². The fourth-order valence-corrected chi connectivity index (χ4v) is 1.94. The molecule has 1 aliphatic carbocycles. The van der Waals surface area contributed by atoms with E-state index in [1.165, 1.54) is 12.8 Å². The van der Waals surface area contributed by atoms with Gasteiger partial charge >= 0.3 is 0 Å². The second kappa shape index (κ2) is 5.71. The van der Waals surface area contributed by atoms with E-state index in [4.69, 9.17) is 5.26 Å². The lowest BCUT2D eigenvalue weighted by Crippen LogP contribution is -2.52. The average molecular weight is 251 g/mol. The third-order valence-corrected chi connectivity index (χ3v) is 4.18. The molecule has 102 valence electrons. The van der Waals surface area contributed by atoms with Gasteiger partial charge in [-0.05, 0) is 45.6 Å². The van der Waals surface area contributed by atoms with Gasteiger partial charge in [-0.25, -0.2) is 0 Å². The number of carbonyl (C=O) groups excluding carboxylic acids is 1. The SMILES string of the molecule is CC(C)[C@](C)(C#N)NC(=O)CN(C)[C@@H](C)C1CC1. The number of nitrogens with one attached hydrogen (secondary N) is 1. The number of carbonyl (C=O) groups is 1. The zero-order valence-electron chi connectivity index (χ0n) is 12.2. The van der Waals surface area contributed by atoms with Crippen molar-refractivity contribution in [2.75, 3.05) is 13.6 Å². The van der Waals surface area contributed by atoms with Crippen molar-refractivity contribution in [2.45, 2.75) is 52.1 Å². The summed E-state index contributed by atoms with van der Waals surface area (Å²) >= 11 is 0. The number of hydrogen-bond acceptors (Lipinski definition) is 3. The third-order valence-electron chi connectivity index (χ3n) is 4.18. The van der Waals surface area contributed by atoms with E-state index in [-0.39, 0.29) is 11.8 Å². The first kappa shape index (κ1) is 15.0. The molecule has 0 aromatic heterocycles. The van der Waals surface area contributed by atoms with Crippen LogP contribution in [0.4, 0.5) is 0 Å². The quantitative estimate of drug-likeness (QED) is 0.782. The van der Waals surface area contributed by atoms with Crippen LogP contribution in [0.5, 0.6) is 0 Å². The first-order chi connectivity index (χ1) is 8.30. The summed E-state index contributed by atoms with van der Waals surface area (Å²) in [5.74, 6) is 0.774. The van der Waals surface area contributed by atoms with Crippen molar-refractivity contribution in [2.24, 2.45) is 11.8 Å². The Morgan fingerprint density at radius 2 is 2.06 bits per heavy atom. The van der Waals surface area contributed by atoms with Gasteiger partial charge < -0.3 is 5.32 Å². The van der Waals surface area contributed by atoms with Crippen molar-refractivity contribution in [1.29, 1.82) is 5.26 Å². The summed E-state index contributed by atoms with van der Waals surface area (Å²) < 4.78 is 0. The maximum Gasteiger partial charge on any atom is 0.235 e. The van der Waals surface area contributed by atoms with E-state index in [0.29, 0.717) is 12.6 Å². The van der Waals surface area contributed by atoms with Gasteiger partial charge in [0.05, 0.1) is 12.6 Å². The maximum atomic E-state index is 12.0. The van der Waals surface area contributed by atoms with E-state index in [1.54, 1.807) is 6.92 Å². The van der Waals surface area contributed by atoms with Crippen molar-refractivity contribution in [1.82, 2.24) is 10.2 Å². The van der Waals surface area contributed by atoms with Gasteiger partial charge in [-0.2, -0.15) is 5.26 Å². The summed E-state index contributed by atoms with van der Waals surface area (Å²) in [5, 5.41) is 12.0. The van der Waals surface area contributed by atoms with E-state index < -0.39 is 5.54 Å². The molecule has 0 radical (unpaired) electrons. The predicted molar refractivity (Wildman–Crippen MR) is 71.8 cm³/mol. The lowest BCUT2D eigenvalue weighted by molar-refractivity contribution is -0.124. The molecule has 18 heavy (non-hydrogen) atoms. The molecule has 4 nitrogen and oxygen atoms in total. The fourth-order valence-electron chi connectivity index (χ4n) is 1.94. The highest BCUT2D eigenvalue weighted by Gasteiger charge is 2.33. The molecular weight excluding hydrogens is 226 g/mol. The van der Waals surface area contributed by atoms with Crippen molar-refractivity contribution in [3.63, 3.8) is 0 Å². The molecule has 4 heteroatoms. The molecule has 0 saturated heterocycles. The minimum absolute atomic E-state index is 0.0669. The van der Waals surface area contributed by atoms with Gasteiger partial charge in [0.1, 0.15) is 5.54 Å². The minimum Gasteiger partial charge on any atom is -0.337 e. The molecule has 2 atom stereocenters. The molecule has 1 fully saturated rings. The molecule has 0 aromatic carbocycles. The van der Waals surface area contributed by atoms with Gasteiger partial charge in [0, 0.05) is 6.04 Å².